The maximum Gasteiger partial charge on any atom is 0.416 e. The van der Waals surface area contributed by atoms with Crippen molar-refractivity contribution < 1.29 is 22.7 Å². The summed E-state index contributed by atoms with van der Waals surface area (Å²) in [4.78, 5) is 12.4. The highest BCUT2D eigenvalue weighted by Gasteiger charge is 2.61. The molecule has 2 atom stereocenters. The second-order valence-electron chi connectivity index (χ2n) is 7.67. The number of alkyl halides is 3. The summed E-state index contributed by atoms with van der Waals surface area (Å²) in [6.07, 6.45) is -2.76. The number of hydrogen-bond donors (Lipinski definition) is 0. The fraction of sp³-hybridized carbons (Fsp3) is 0.318. The van der Waals surface area contributed by atoms with Crippen LogP contribution in [0.4, 0.5) is 13.2 Å². The van der Waals surface area contributed by atoms with E-state index in [1.165, 1.54) is 6.07 Å². The Morgan fingerprint density at radius 3 is 2.34 bits per heavy atom. The summed E-state index contributed by atoms with van der Waals surface area (Å²) in [7, 11) is 0. The molecule has 0 amide bonds. The molecule has 1 saturated carbocycles. The molecule has 0 N–H and O–H groups in total. The van der Waals surface area contributed by atoms with Gasteiger partial charge >= 0.3 is 12.1 Å². The van der Waals surface area contributed by atoms with Crippen molar-refractivity contribution >= 4 is 29.2 Å². The van der Waals surface area contributed by atoms with Crippen LogP contribution in [0.1, 0.15) is 25.0 Å². The number of hydrogen-bond acceptors (Lipinski definition) is 2. The number of carbonyl (C=O) groups is 1. The minimum absolute atomic E-state index is 0.0310. The maximum atomic E-state index is 12.9. The Morgan fingerprint density at radius 1 is 1.10 bits per heavy atom. The Kier molecular flexibility index (Phi) is 6.02. The van der Waals surface area contributed by atoms with Gasteiger partial charge in [0.2, 0.25) is 0 Å². The van der Waals surface area contributed by atoms with Crippen LogP contribution in [-0.2, 0) is 22.3 Å². The van der Waals surface area contributed by atoms with Crippen LogP contribution in [0, 0.1) is 17.3 Å². The molecule has 0 heterocycles. The highest BCUT2D eigenvalue weighted by Crippen LogP contribution is 2.60. The molecule has 0 saturated heterocycles. The summed E-state index contributed by atoms with van der Waals surface area (Å²) in [5.74, 6) is -0.770. The van der Waals surface area contributed by atoms with E-state index < -0.39 is 11.7 Å². The topological polar surface area (TPSA) is 26.3 Å². The summed E-state index contributed by atoms with van der Waals surface area (Å²) < 4.78 is 44.4. The van der Waals surface area contributed by atoms with Gasteiger partial charge in [-0.1, -0.05) is 67.4 Å². The predicted molar refractivity (Wildman–Crippen MR) is 107 cm³/mol. The van der Waals surface area contributed by atoms with Crippen LogP contribution >= 0.6 is 23.2 Å². The predicted octanol–water partition coefficient (Wildman–Crippen LogP) is 7.01. The number of ether oxygens (including phenoxy) is 1. The van der Waals surface area contributed by atoms with Crippen LogP contribution in [0.2, 0.25) is 0 Å². The van der Waals surface area contributed by atoms with Gasteiger partial charge in [-0.05, 0) is 52.3 Å². The Morgan fingerprint density at radius 2 is 1.72 bits per heavy atom. The lowest BCUT2D eigenvalue weighted by atomic mass is 10.0. The molecule has 0 unspecified atom stereocenters. The summed E-state index contributed by atoms with van der Waals surface area (Å²) in [6.45, 7) is 3.90. The lowest BCUT2D eigenvalue weighted by Crippen LogP contribution is -2.10. The minimum Gasteiger partial charge on any atom is -0.461 e. The molecular formula is C22H19Cl2F3O2. The second-order valence-corrected chi connectivity index (χ2v) is 8.68. The van der Waals surface area contributed by atoms with Gasteiger partial charge in [0.15, 0.2) is 0 Å². The van der Waals surface area contributed by atoms with E-state index >= 15 is 0 Å². The van der Waals surface area contributed by atoms with E-state index in [4.69, 9.17) is 27.9 Å². The SMILES string of the molecule is CC1(C)[C@H](C(=O)OCc2cccc(-c3cccc(C(F)(F)F)c3)c2)[C@@H]1C=C(Cl)Cl. The Bertz CT molecular complexity index is 947. The summed E-state index contributed by atoms with van der Waals surface area (Å²) in [6, 6.07) is 12.0. The van der Waals surface area contributed by atoms with E-state index in [1.54, 1.807) is 36.4 Å². The minimum atomic E-state index is -4.41. The Balaban J connectivity index is 1.70. The molecule has 2 aromatic carbocycles. The van der Waals surface area contributed by atoms with Crippen molar-refractivity contribution in [2.45, 2.75) is 26.6 Å². The summed E-state index contributed by atoms with van der Waals surface area (Å²) in [5, 5.41) is 0. The van der Waals surface area contributed by atoms with Crippen LogP contribution in [0.5, 0.6) is 0 Å². The summed E-state index contributed by atoms with van der Waals surface area (Å²) in [5.41, 5.74) is 0.755. The third-order valence-electron chi connectivity index (χ3n) is 5.30. The molecular weight excluding hydrogens is 424 g/mol. The monoisotopic (exact) mass is 442 g/mol. The van der Waals surface area contributed by atoms with E-state index in [0.717, 1.165) is 12.1 Å². The number of halogens is 5. The molecule has 3 rings (SSSR count). The van der Waals surface area contributed by atoms with Crippen molar-refractivity contribution in [3.8, 4) is 11.1 Å². The van der Waals surface area contributed by atoms with Crippen molar-refractivity contribution in [1.29, 1.82) is 0 Å². The summed E-state index contributed by atoms with van der Waals surface area (Å²) >= 11 is 11.4. The van der Waals surface area contributed by atoms with Crippen LogP contribution in [0.3, 0.4) is 0 Å². The van der Waals surface area contributed by atoms with Gasteiger partial charge in [0.25, 0.3) is 0 Å². The number of allylic oxidation sites excluding steroid dienone is 1. The lowest BCUT2D eigenvalue weighted by molar-refractivity contribution is -0.147. The van der Waals surface area contributed by atoms with E-state index in [9.17, 15) is 18.0 Å². The average molecular weight is 443 g/mol. The van der Waals surface area contributed by atoms with Crippen molar-refractivity contribution in [1.82, 2.24) is 0 Å². The standard InChI is InChI=1S/C22H19Cl2F3O2/c1-21(2)17(11-18(23)24)19(21)20(28)29-12-13-5-3-6-14(9-13)15-7-4-8-16(10-15)22(25,26)27/h3-11,17,19H,12H2,1-2H3/t17-,19-/m0/s1. The zero-order valence-corrected chi connectivity index (χ0v) is 17.3. The zero-order valence-electron chi connectivity index (χ0n) is 15.8. The molecule has 0 bridgehead atoms. The van der Waals surface area contributed by atoms with Gasteiger partial charge in [0, 0.05) is 0 Å². The molecule has 0 spiro atoms. The third kappa shape index (κ3) is 4.96. The van der Waals surface area contributed by atoms with E-state index in [-0.39, 0.29) is 34.3 Å². The second kappa shape index (κ2) is 8.04. The quantitative estimate of drug-likeness (QED) is 0.465. The third-order valence-corrected chi connectivity index (χ3v) is 5.55. The smallest absolute Gasteiger partial charge is 0.416 e. The van der Waals surface area contributed by atoms with Crippen LogP contribution < -0.4 is 0 Å². The fourth-order valence-electron chi connectivity index (χ4n) is 3.53. The average Bonchev–Trinajstić information content (AvgIpc) is 3.18. The Labute approximate surface area is 177 Å². The van der Waals surface area contributed by atoms with E-state index in [0.29, 0.717) is 16.7 Å². The van der Waals surface area contributed by atoms with Crippen LogP contribution in [0.15, 0.2) is 59.1 Å². The fourth-order valence-corrected chi connectivity index (χ4v) is 3.81. The number of carbonyl (C=O) groups excluding carboxylic acids is 1. The van der Waals surface area contributed by atoms with Crippen LogP contribution in [-0.4, -0.2) is 5.97 Å². The van der Waals surface area contributed by atoms with Crippen molar-refractivity contribution in [2.24, 2.45) is 17.3 Å². The van der Waals surface area contributed by atoms with Gasteiger partial charge in [0.05, 0.1) is 11.5 Å². The van der Waals surface area contributed by atoms with E-state index in [1.807, 2.05) is 13.8 Å². The van der Waals surface area contributed by atoms with Crippen molar-refractivity contribution in [3.63, 3.8) is 0 Å². The first kappa shape index (κ1) is 21.7. The first-order valence-electron chi connectivity index (χ1n) is 8.96. The molecule has 0 aliphatic heterocycles. The van der Waals surface area contributed by atoms with E-state index in [2.05, 4.69) is 0 Å². The number of rotatable bonds is 5. The van der Waals surface area contributed by atoms with Gasteiger partial charge < -0.3 is 4.74 Å². The number of esters is 1. The molecule has 2 nitrogen and oxygen atoms in total. The first-order chi connectivity index (χ1) is 13.5. The largest absolute Gasteiger partial charge is 0.461 e. The van der Waals surface area contributed by atoms with Gasteiger partial charge in [-0.25, -0.2) is 0 Å². The van der Waals surface area contributed by atoms with Crippen LogP contribution in [0.25, 0.3) is 11.1 Å². The van der Waals surface area contributed by atoms with Crippen molar-refractivity contribution in [2.75, 3.05) is 0 Å². The first-order valence-corrected chi connectivity index (χ1v) is 9.72. The molecule has 2 aromatic rings. The highest BCUT2D eigenvalue weighted by atomic mass is 35.5. The maximum absolute atomic E-state index is 12.9. The molecule has 29 heavy (non-hydrogen) atoms. The lowest BCUT2D eigenvalue weighted by Gasteiger charge is -2.10. The number of benzene rings is 2. The Hall–Kier alpha value is -1.98. The molecule has 0 radical (unpaired) electrons. The highest BCUT2D eigenvalue weighted by molar-refractivity contribution is 6.55. The molecule has 7 heteroatoms. The molecule has 1 fully saturated rings. The van der Waals surface area contributed by atoms with Crippen molar-refractivity contribution in [3.05, 3.63) is 70.2 Å². The van der Waals surface area contributed by atoms with Gasteiger partial charge in [-0.3, -0.25) is 4.79 Å². The van der Waals surface area contributed by atoms with Gasteiger partial charge in [-0.2, -0.15) is 13.2 Å². The molecule has 154 valence electrons. The van der Waals surface area contributed by atoms with Gasteiger partial charge in [0.1, 0.15) is 11.1 Å². The zero-order chi connectivity index (χ0) is 21.4. The molecule has 1 aliphatic carbocycles. The molecule has 1 aliphatic rings. The normalized spacial score (nSPS) is 20.1. The molecule has 0 aromatic heterocycles. The van der Waals surface area contributed by atoms with Gasteiger partial charge in [-0.15, -0.1) is 0 Å².